The lowest BCUT2D eigenvalue weighted by Crippen LogP contribution is -2.27. The van der Waals surface area contributed by atoms with Gasteiger partial charge in [0, 0.05) is 37.3 Å². The zero-order valence-corrected chi connectivity index (χ0v) is 10.1. The summed E-state index contributed by atoms with van der Waals surface area (Å²) >= 11 is 5.93. The monoisotopic (exact) mass is 238 g/mol. The molecule has 0 aliphatic carbocycles. The fourth-order valence-corrected chi connectivity index (χ4v) is 2.23. The zero-order chi connectivity index (χ0) is 11.5. The molecule has 0 N–H and O–H groups in total. The third kappa shape index (κ3) is 2.73. The van der Waals surface area contributed by atoms with Crippen molar-refractivity contribution in [1.82, 2.24) is 9.88 Å². The van der Waals surface area contributed by atoms with Crippen molar-refractivity contribution in [3.8, 4) is 0 Å². The maximum atomic E-state index is 11.5. The van der Waals surface area contributed by atoms with Gasteiger partial charge in [-0.05, 0) is 19.1 Å². The number of hydrogen-bond acceptors (Lipinski definition) is 2. The molecule has 0 bridgehead atoms. The first kappa shape index (κ1) is 11.4. The van der Waals surface area contributed by atoms with E-state index in [0.717, 1.165) is 24.4 Å². The highest BCUT2D eigenvalue weighted by atomic mass is 35.5. The van der Waals surface area contributed by atoms with Crippen LogP contribution in [0.25, 0.3) is 0 Å². The van der Waals surface area contributed by atoms with E-state index in [1.54, 1.807) is 0 Å². The Morgan fingerprint density at radius 3 is 3.00 bits per heavy atom. The Morgan fingerprint density at radius 1 is 1.56 bits per heavy atom. The number of carbonyl (C=O) groups is 1. The lowest BCUT2D eigenvalue weighted by molar-refractivity contribution is -0.127. The molecule has 1 aliphatic rings. The molecule has 1 amide bonds. The van der Waals surface area contributed by atoms with Crippen LogP contribution < -0.4 is 0 Å². The van der Waals surface area contributed by atoms with E-state index in [1.165, 1.54) is 0 Å². The number of rotatable bonds is 3. The molecule has 2 heterocycles. The predicted octanol–water partition coefficient (Wildman–Crippen LogP) is 1.77. The Labute approximate surface area is 100 Å². The first-order valence-corrected chi connectivity index (χ1v) is 5.93. The van der Waals surface area contributed by atoms with E-state index in [0.29, 0.717) is 13.0 Å². The van der Waals surface area contributed by atoms with Crippen molar-refractivity contribution in [2.45, 2.75) is 25.1 Å². The third-order valence-electron chi connectivity index (χ3n) is 2.75. The third-order valence-corrected chi connectivity index (χ3v) is 3.04. The maximum absolute atomic E-state index is 11.5. The molecule has 86 valence electrons. The number of halogens is 1. The standard InChI is InChI=1S/C12H15ClN2O/c1-9-3-2-4-11(14-9)5-6-15-8-10(13)7-12(15)16/h2-4,10H,5-8H2,1H3. The molecule has 1 saturated heterocycles. The second-order valence-corrected chi connectivity index (χ2v) is 4.78. The summed E-state index contributed by atoms with van der Waals surface area (Å²) in [5.41, 5.74) is 2.05. The Bertz CT molecular complexity index is 394. The summed E-state index contributed by atoms with van der Waals surface area (Å²) in [6.07, 6.45) is 1.28. The van der Waals surface area contributed by atoms with Crippen LogP contribution in [0.2, 0.25) is 0 Å². The Kier molecular flexibility index (Phi) is 3.44. The summed E-state index contributed by atoms with van der Waals surface area (Å²) in [6, 6.07) is 5.96. The number of aromatic nitrogens is 1. The highest BCUT2D eigenvalue weighted by Gasteiger charge is 2.27. The molecule has 16 heavy (non-hydrogen) atoms. The fourth-order valence-electron chi connectivity index (χ4n) is 1.93. The molecule has 3 nitrogen and oxygen atoms in total. The van der Waals surface area contributed by atoms with Gasteiger partial charge in [0.15, 0.2) is 0 Å². The molecule has 0 saturated carbocycles. The Morgan fingerprint density at radius 2 is 2.38 bits per heavy atom. The fraction of sp³-hybridized carbons (Fsp3) is 0.500. The molecule has 1 fully saturated rings. The Balaban J connectivity index is 1.90. The van der Waals surface area contributed by atoms with Crippen LogP contribution in [0.5, 0.6) is 0 Å². The quantitative estimate of drug-likeness (QED) is 0.752. The summed E-state index contributed by atoms with van der Waals surface area (Å²) in [7, 11) is 0. The lowest BCUT2D eigenvalue weighted by atomic mass is 10.2. The largest absolute Gasteiger partial charge is 0.341 e. The normalized spacial score (nSPS) is 20.5. The smallest absolute Gasteiger partial charge is 0.224 e. The molecule has 0 radical (unpaired) electrons. The Hall–Kier alpha value is -1.09. The topological polar surface area (TPSA) is 33.2 Å². The van der Waals surface area contributed by atoms with E-state index in [1.807, 2.05) is 30.0 Å². The minimum absolute atomic E-state index is 0.0158. The first-order chi connectivity index (χ1) is 7.65. The van der Waals surface area contributed by atoms with Crippen molar-refractivity contribution in [2.24, 2.45) is 0 Å². The molecule has 1 unspecified atom stereocenters. The molecule has 0 spiro atoms. The molecular formula is C12H15ClN2O. The summed E-state index contributed by atoms with van der Waals surface area (Å²) < 4.78 is 0. The van der Waals surface area contributed by atoms with Crippen LogP contribution in [-0.4, -0.2) is 34.3 Å². The van der Waals surface area contributed by atoms with Crippen LogP contribution in [-0.2, 0) is 11.2 Å². The summed E-state index contributed by atoms with van der Waals surface area (Å²) in [5, 5.41) is -0.0158. The number of likely N-dealkylation sites (tertiary alicyclic amines) is 1. The molecule has 4 heteroatoms. The number of carbonyl (C=O) groups excluding carboxylic acids is 1. The van der Waals surface area contributed by atoms with Crippen molar-refractivity contribution in [3.05, 3.63) is 29.6 Å². The summed E-state index contributed by atoms with van der Waals surface area (Å²) in [5.74, 6) is 0.160. The van der Waals surface area contributed by atoms with Gasteiger partial charge in [-0.15, -0.1) is 11.6 Å². The average molecular weight is 239 g/mol. The van der Waals surface area contributed by atoms with Crippen LogP contribution >= 0.6 is 11.6 Å². The molecular weight excluding hydrogens is 224 g/mol. The minimum atomic E-state index is -0.0158. The van der Waals surface area contributed by atoms with Crippen molar-refractivity contribution < 1.29 is 4.79 Å². The number of amides is 1. The van der Waals surface area contributed by atoms with Gasteiger partial charge in [-0.25, -0.2) is 0 Å². The maximum Gasteiger partial charge on any atom is 0.224 e. The molecule has 1 aromatic rings. The van der Waals surface area contributed by atoms with Gasteiger partial charge in [0.25, 0.3) is 0 Å². The van der Waals surface area contributed by atoms with Gasteiger partial charge in [-0.2, -0.15) is 0 Å². The van der Waals surface area contributed by atoms with Gasteiger partial charge >= 0.3 is 0 Å². The van der Waals surface area contributed by atoms with Gasteiger partial charge in [-0.3, -0.25) is 9.78 Å². The van der Waals surface area contributed by atoms with E-state index in [4.69, 9.17) is 11.6 Å². The van der Waals surface area contributed by atoms with E-state index >= 15 is 0 Å². The average Bonchev–Trinajstić information content (AvgIpc) is 2.54. The van der Waals surface area contributed by atoms with Gasteiger partial charge in [-0.1, -0.05) is 6.07 Å². The molecule has 2 rings (SSSR count). The van der Waals surface area contributed by atoms with Crippen LogP contribution in [0.1, 0.15) is 17.8 Å². The number of nitrogens with zero attached hydrogens (tertiary/aromatic N) is 2. The van der Waals surface area contributed by atoms with Crippen LogP contribution in [0, 0.1) is 6.92 Å². The van der Waals surface area contributed by atoms with E-state index < -0.39 is 0 Å². The lowest BCUT2D eigenvalue weighted by Gasteiger charge is -2.15. The second kappa shape index (κ2) is 4.83. The van der Waals surface area contributed by atoms with E-state index in [2.05, 4.69) is 4.98 Å². The van der Waals surface area contributed by atoms with Crippen molar-refractivity contribution >= 4 is 17.5 Å². The van der Waals surface area contributed by atoms with Gasteiger partial charge < -0.3 is 4.90 Å². The number of aryl methyl sites for hydroxylation is 1. The number of pyridine rings is 1. The van der Waals surface area contributed by atoms with E-state index in [9.17, 15) is 4.79 Å². The highest BCUT2D eigenvalue weighted by Crippen LogP contribution is 2.16. The van der Waals surface area contributed by atoms with Crippen molar-refractivity contribution in [3.63, 3.8) is 0 Å². The first-order valence-electron chi connectivity index (χ1n) is 5.49. The highest BCUT2D eigenvalue weighted by molar-refractivity contribution is 6.22. The molecule has 1 atom stereocenters. The van der Waals surface area contributed by atoms with E-state index in [-0.39, 0.29) is 11.3 Å². The predicted molar refractivity (Wildman–Crippen MR) is 63.5 cm³/mol. The van der Waals surface area contributed by atoms with Gasteiger partial charge in [0.1, 0.15) is 0 Å². The molecule has 1 aliphatic heterocycles. The van der Waals surface area contributed by atoms with Crippen molar-refractivity contribution in [1.29, 1.82) is 0 Å². The number of hydrogen-bond donors (Lipinski definition) is 0. The SMILES string of the molecule is Cc1cccc(CCN2CC(Cl)CC2=O)n1. The van der Waals surface area contributed by atoms with Gasteiger partial charge in [0.05, 0.1) is 5.38 Å². The molecule has 0 aromatic carbocycles. The zero-order valence-electron chi connectivity index (χ0n) is 9.32. The van der Waals surface area contributed by atoms with Gasteiger partial charge in [0.2, 0.25) is 5.91 Å². The number of alkyl halides is 1. The summed E-state index contributed by atoms with van der Waals surface area (Å²) in [4.78, 5) is 17.7. The van der Waals surface area contributed by atoms with Crippen LogP contribution in [0.4, 0.5) is 0 Å². The summed E-state index contributed by atoms with van der Waals surface area (Å²) in [6.45, 7) is 3.37. The van der Waals surface area contributed by atoms with Crippen LogP contribution in [0.3, 0.4) is 0 Å². The minimum Gasteiger partial charge on any atom is -0.341 e. The van der Waals surface area contributed by atoms with Crippen LogP contribution in [0.15, 0.2) is 18.2 Å². The second-order valence-electron chi connectivity index (χ2n) is 4.16. The molecule has 1 aromatic heterocycles. The van der Waals surface area contributed by atoms with Crippen molar-refractivity contribution in [2.75, 3.05) is 13.1 Å².